The number of carbonyl (C=O) groups excluding carboxylic acids is 2. The number of carbonyl (C=O) groups is 2. The second-order valence-corrected chi connectivity index (χ2v) is 8.48. The van der Waals surface area contributed by atoms with Crippen LogP contribution in [0.2, 0.25) is 0 Å². The van der Waals surface area contributed by atoms with Crippen LogP contribution >= 0.6 is 27.3 Å². The van der Waals surface area contributed by atoms with Gasteiger partial charge in [-0.1, -0.05) is 22.0 Å². The van der Waals surface area contributed by atoms with Crippen LogP contribution in [0.25, 0.3) is 0 Å². The number of thiazole rings is 1. The smallest absolute Gasteiger partial charge is 0.410 e. The van der Waals surface area contributed by atoms with Crippen LogP contribution in [0.15, 0.2) is 23.7 Å². The number of hydrogen-bond donors (Lipinski definition) is 0. The Morgan fingerprint density at radius 3 is 2.77 bits per heavy atom. The third-order valence-electron chi connectivity index (χ3n) is 4.27. The Kier molecular flexibility index (Phi) is 9.38. The van der Waals surface area contributed by atoms with Crippen molar-refractivity contribution in [3.63, 3.8) is 0 Å². The van der Waals surface area contributed by atoms with Gasteiger partial charge in [0, 0.05) is 24.4 Å². The minimum atomic E-state index is -0.454. The van der Waals surface area contributed by atoms with E-state index in [2.05, 4.69) is 20.9 Å². The maximum absolute atomic E-state index is 12.5. The summed E-state index contributed by atoms with van der Waals surface area (Å²) in [6.45, 7) is 2.69. The van der Waals surface area contributed by atoms with Gasteiger partial charge in [-0.15, -0.1) is 11.3 Å². The number of benzene rings is 1. The number of methoxy groups -OCH3 is 2. The van der Waals surface area contributed by atoms with Crippen LogP contribution < -0.4 is 9.47 Å². The molecule has 0 aliphatic heterocycles. The SMILES string of the molecule is COc1ccc(CC(C)OC(=O)N(C)Cc2ncsc2C(Br)COC=O)c(OC)c1. The maximum atomic E-state index is 12.5. The van der Waals surface area contributed by atoms with E-state index in [9.17, 15) is 9.59 Å². The highest BCUT2D eigenvalue weighted by Crippen LogP contribution is 2.30. The first kappa shape index (κ1) is 23.9. The molecule has 30 heavy (non-hydrogen) atoms. The van der Waals surface area contributed by atoms with Crippen LogP contribution in [0.5, 0.6) is 11.5 Å². The number of rotatable bonds is 11. The second-order valence-electron chi connectivity index (χ2n) is 6.49. The number of nitrogens with zero attached hydrogens (tertiary/aromatic N) is 2. The van der Waals surface area contributed by atoms with Gasteiger partial charge in [0.2, 0.25) is 0 Å². The lowest BCUT2D eigenvalue weighted by Crippen LogP contribution is -2.31. The Balaban J connectivity index is 1.95. The van der Waals surface area contributed by atoms with Gasteiger partial charge in [-0.25, -0.2) is 9.78 Å². The zero-order chi connectivity index (χ0) is 22.1. The van der Waals surface area contributed by atoms with E-state index in [0.29, 0.717) is 24.4 Å². The molecular weight excluding hydrogens is 476 g/mol. The van der Waals surface area contributed by atoms with Gasteiger partial charge in [0.1, 0.15) is 24.2 Å². The number of hydrogen-bond acceptors (Lipinski definition) is 8. The summed E-state index contributed by atoms with van der Waals surface area (Å²) in [6.07, 6.45) is -0.312. The summed E-state index contributed by atoms with van der Waals surface area (Å²) < 4.78 is 21.0. The number of ether oxygens (including phenoxy) is 4. The molecule has 0 spiro atoms. The van der Waals surface area contributed by atoms with Crippen molar-refractivity contribution in [1.82, 2.24) is 9.88 Å². The van der Waals surface area contributed by atoms with E-state index in [0.717, 1.165) is 16.1 Å². The molecule has 2 unspecified atom stereocenters. The average molecular weight is 501 g/mol. The third-order valence-corrected chi connectivity index (χ3v) is 6.28. The summed E-state index contributed by atoms with van der Waals surface area (Å²) >= 11 is 4.90. The Morgan fingerprint density at radius 2 is 2.10 bits per heavy atom. The van der Waals surface area contributed by atoms with Gasteiger partial charge in [-0.3, -0.25) is 4.79 Å². The van der Waals surface area contributed by atoms with E-state index < -0.39 is 6.09 Å². The molecule has 2 aromatic rings. The van der Waals surface area contributed by atoms with Gasteiger partial charge in [0.05, 0.1) is 36.8 Å². The fourth-order valence-corrected chi connectivity index (χ4v) is 4.28. The van der Waals surface area contributed by atoms with Gasteiger partial charge in [-0.2, -0.15) is 0 Å². The van der Waals surface area contributed by atoms with Crippen molar-refractivity contribution in [2.24, 2.45) is 0 Å². The summed E-state index contributed by atoms with van der Waals surface area (Å²) in [7, 11) is 4.83. The molecule has 10 heteroatoms. The fraction of sp³-hybridized carbons (Fsp3) is 0.450. The first-order valence-corrected chi connectivity index (χ1v) is 10.9. The Bertz CT molecular complexity index is 846. The zero-order valence-electron chi connectivity index (χ0n) is 17.3. The van der Waals surface area contributed by atoms with E-state index in [1.54, 1.807) is 32.8 Å². The van der Waals surface area contributed by atoms with Crippen LogP contribution in [-0.4, -0.2) is 56.4 Å². The van der Waals surface area contributed by atoms with Gasteiger partial charge in [0.25, 0.3) is 6.47 Å². The maximum Gasteiger partial charge on any atom is 0.410 e. The quantitative estimate of drug-likeness (QED) is 0.340. The summed E-state index contributed by atoms with van der Waals surface area (Å²) in [4.78, 5) is 29.4. The molecule has 0 N–H and O–H groups in total. The van der Waals surface area contributed by atoms with Gasteiger partial charge in [0.15, 0.2) is 0 Å². The molecule has 1 heterocycles. The Hall–Kier alpha value is -2.33. The van der Waals surface area contributed by atoms with Crippen molar-refractivity contribution in [3.05, 3.63) is 39.8 Å². The summed E-state index contributed by atoms with van der Waals surface area (Å²) in [5.41, 5.74) is 3.33. The van der Waals surface area contributed by atoms with Crippen molar-refractivity contribution in [3.8, 4) is 11.5 Å². The monoisotopic (exact) mass is 500 g/mol. The van der Waals surface area contributed by atoms with Crippen molar-refractivity contribution in [2.75, 3.05) is 27.9 Å². The van der Waals surface area contributed by atoms with Crippen LogP contribution in [0.1, 0.15) is 27.9 Å². The first-order chi connectivity index (χ1) is 14.4. The molecule has 1 amide bonds. The molecule has 0 bridgehead atoms. The highest BCUT2D eigenvalue weighted by Gasteiger charge is 2.21. The van der Waals surface area contributed by atoms with Crippen LogP contribution in [0.4, 0.5) is 4.79 Å². The molecular formula is C20H25BrN2O6S. The van der Waals surface area contributed by atoms with E-state index in [4.69, 9.17) is 18.9 Å². The highest BCUT2D eigenvalue weighted by molar-refractivity contribution is 9.09. The molecule has 0 radical (unpaired) electrons. The molecule has 164 valence electrons. The first-order valence-electron chi connectivity index (χ1n) is 9.13. The highest BCUT2D eigenvalue weighted by atomic mass is 79.9. The molecule has 1 aromatic carbocycles. The van der Waals surface area contributed by atoms with Crippen molar-refractivity contribution < 1.29 is 28.5 Å². The van der Waals surface area contributed by atoms with E-state index in [-0.39, 0.29) is 24.1 Å². The van der Waals surface area contributed by atoms with E-state index >= 15 is 0 Å². The molecule has 0 aliphatic carbocycles. The largest absolute Gasteiger partial charge is 0.497 e. The zero-order valence-corrected chi connectivity index (χ0v) is 19.7. The van der Waals surface area contributed by atoms with Crippen molar-refractivity contribution in [2.45, 2.75) is 30.8 Å². The van der Waals surface area contributed by atoms with E-state index in [1.165, 1.54) is 16.2 Å². The predicted molar refractivity (Wildman–Crippen MR) is 116 cm³/mol. The molecule has 0 fully saturated rings. The number of alkyl halides is 1. The van der Waals surface area contributed by atoms with Gasteiger partial charge >= 0.3 is 6.09 Å². The Labute approximate surface area is 188 Å². The normalized spacial score (nSPS) is 12.6. The van der Waals surface area contributed by atoms with Crippen molar-refractivity contribution in [1.29, 1.82) is 0 Å². The predicted octanol–water partition coefficient (Wildman–Crippen LogP) is 3.97. The van der Waals surface area contributed by atoms with Crippen molar-refractivity contribution >= 4 is 39.8 Å². The van der Waals surface area contributed by atoms with Gasteiger partial charge < -0.3 is 23.8 Å². The number of halogens is 1. The summed E-state index contributed by atoms with van der Waals surface area (Å²) in [6, 6.07) is 5.53. The fourth-order valence-electron chi connectivity index (χ4n) is 2.77. The summed E-state index contributed by atoms with van der Waals surface area (Å²) in [5.74, 6) is 1.38. The lowest BCUT2D eigenvalue weighted by atomic mass is 10.1. The number of amides is 1. The van der Waals surface area contributed by atoms with Crippen LogP contribution in [-0.2, 0) is 27.2 Å². The number of aromatic nitrogens is 1. The molecule has 1 aromatic heterocycles. The lowest BCUT2D eigenvalue weighted by Gasteiger charge is -2.21. The minimum Gasteiger partial charge on any atom is -0.497 e. The summed E-state index contributed by atoms with van der Waals surface area (Å²) in [5, 5.41) is 0. The topological polar surface area (TPSA) is 87.2 Å². The van der Waals surface area contributed by atoms with E-state index in [1.807, 2.05) is 19.1 Å². The molecule has 2 atom stereocenters. The third kappa shape index (κ3) is 6.60. The second kappa shape index (κ2) is 11.8. The van der Waals surface area contributed by atoms with Gasteiger partial charge in [-0.05, 0) is 18.6 Å². The molecule has 0 saturated heterocycles. The molecule has 0 saturated carbocycles. The molecule has 0 aliphatic rings. The van der Waals surface area contributed by atoms with Crippen LogP contribution in [0, 0.1) is 0 Å². The average Bonchev–Trinajstić information content (AvgIpc) is 3.20. The standard InChI is InChI=1S/C20H25BrN2O6S/c1-13(7-14-5-6-15(26-3)8-18(14)27-4)29-20(25)23(2)9-17-19(30-11-22-17)16(21)10-28-12-24/h5-6,8,11-13,16H,7,9-10H2,1-4H3. The molecule has 8 nitrogen and oxygen atoms in total. The minimum absolute atomic E-state index is 0.184. The Morgan fingerprint density at radius 1 is 1.33 bits per heavy atom. The lowest BCUT2D eigenvalue weighted by molar-refractivity contribution is -0.128. The van der Waals surface area contributed by atoms with Crippen LogP contribution in [0.3, 0.4) is 0 Å². The molecule has 2 rings (SSSR count).